The van der Waals surface area contributed by atoms with Gasteiger partial charge in [0.15, 0.2) is 0 Å². The molecule has 7 heteroatoms. The van der Waals surface area contributed by atoms with Gasteiger partial charge >= 0.3 is 5.97 Å². The Morgan fingerprint density at radius 1 is 1.47 bits per heavy atom. The zero-order valence-electron chi connectivity index (χ0n) is 8.56. The van der Waals surface area contributed by atoms with E-state index in [1.54, 1.807) is 0 Å². The van der Waals surface area contributed by atoms with Crippen molar-refractivity contribution in [1.29, 1.82) is 0 Å². The summed E-state index contributed by atoms with van der Waals surface area (Å²) >= 11 is 0. The van der Waals surface area contributed by atoms with E-state index >= 15 is 0 Å². The Morgan fingerprint density at radius 2 is 1.93 bits per heavy atom. The summed E-state index contributed by atoms with van der Waals surface area (Å²) in [5.74, 6) is -0.719. The number of nitrogens with one attached hydrogen (secondary N) is 1. The van der Waals surface area contributed by atoms with Crippen LogP contribution in [0.5, 0.6) is 0 Å². The fourth-order valence-corrected chi connectivity index (χ4v) is 2.72. The second kappa shape index (κ2) is 4.07. The molecule has 1 aliphatic rings. The van der Waals surface area contributed by atoms with Crippen molar-refractivity contribution in [2.24, 2.45) is 11.1 Å². The van der Waals surface area contributed by atoms with Crippen LogP contribution in [0.25, 0.3) is 0 Å². The maximum absolute atomic E-state index is 11.1. The molecule has 0 saturated heterocycles. The van der Waals surface area contributed by atoms with Gasteiger partial charge in [-0.1, -0.05) is 6.92 Å². The van der Waals surface area contributed by atoms with Crippen molar-refractivity contribution in [2.75, 3.05) is 0 Å². The maximum atomic E-state index is 11.1. The van der Waals surface area contributed by atoms with Crippen LogP contribution in [0.1, 0.15) is 32.6 Å². The molecule has 88 valence electrons. The van der Waals surface area contributed by atoms with Gasteiger partial charge < -0.3 is 5.11 Å². The molecule has 0 bridgehead atoms. The zero-order valence-corrected chi connectivity index (χ0v) is 9.38. The zero-order chi connectivity index (χ0) is 11.7. The summed E-state index contributed by atoms with van der Waals surface area (Å²) in [6, 6.07) is 0. The predicted molar refractivity (Wildman–Crippen MR) is 54.2 cm³/mol. The number of nitrogens with two attached hydrogens (primary N) is 1. The third kappa shape index (κ3) is 3.15. The van der Waals surface area contributed by atoms with E-state index in [4.69, 9.17) is 10.2 Å². The molecule has 0 heterocycles. The van der Waals surface area contributed by atoms with Gasteiger partial charge in [-0.05, 0) is 31.6 Å². The first-order valence-electron chi connectivity index (χ1n) is 4.80. The van der Waals surface area contributed by atoms with Gasteiger partial charge in [0.2, 0.25) is 0 Å². The number of hydrogen-bond acceptors (Lipinski definition) is 3. The third-order valence-electron chi connectivity index (χ3n) is 2.87. The van der Waals surface area contributed by atoms with Crippen LogP contribution >= 0.6 is 0 Å². The van der Waals surface area contributed by atoms with Gasteiger partial charge in [0.05, 0.1) is 0 Å². The lowest BCUT2D eigenvalue weighted by molar-refractivity contribution is -0.145. The minimum Gasteiger partial charge on any atom is -0.480 e. The first-order chi connectivity index (χ1) is 6.75. The number of rotatable bonds is 3. The van der Waals surface area contributed by atoms with Gasteiger partial charge in [-0.15, -0.1) is 0 Å². The van der Waals surface area contributed by atoms with Gasteiger partial charge in [0.1, 0.15) is 5.54 Å². The van der Waals surface area contributed by atoms with Crippen LogP contribution in [0.4, 0.5) is 0 Å². The lowest BCUT2D eigenvalue weighted by Gasteiger charge is -2.35. The van der Waals surface area contributed by atoms with Crippen LogP contribution in [0.15, 0.2) is 0 Å². The molecule has 0 aromatic rings. The fraction of sp³-hybridized carbons (Fsp3) is 0.875. The van der Waals surface area contributed by atoms with Crippen molar-refractivity contribution >= 4 is 16.2 Å². The van der Waals surface area contributed by atoms with E-state index in [0.717, 1.165) is 0 Å². The molecule has 1 saturated carbocycles. The molecule has 6 nitrogen and oxygen atoms in total. The second-order valence-corrected chi connectivity index (χ2v) is 5.51. The Morgan fingerprint density at radius 3 is 2.27 bits per heavy atom. The maximum Gasteiger partial charge on any atom is 0.324 e. The largest absolute Gasteiger partial charge is 0.480 e. The fourth-order valence-electron chi connectivity index (χ4n) is 1.89. The molecular weight excluding hydrogens is 220 g/mol. The quantitative estimate of drug-likeness (QED) is 0.631. The standard InChI is InChI=1S/C8H16N2O4S/c1-6-2-4-8(5-3-6,7(11)12)10-15(9,13)14/h6,10H,2-5H2,1H3,(H,11,12)(H2,9,13,14). The smallest absolute Gasteiger partial charge is 0.324 e. The molecule has 1 fully saturated rings. The molecule has 15 heavy (non-hydrogen) atoms. The molecule has 1 aliphatic carbocycles. The van der Waals surface area contributed by atoms with Crippen LogP contribution in [0, 0.1) is 5.92 Å². The SMILES string of the molecule is CC1CCC(NS(N)(=O)=O)(C(=O)O)CC1. The summed E-state index contributed by atoms with van der Waals surface area (Å²) in [6.45, 7) is 2.02. The summed E-state index contributed by atoms with van der Waals surface area (Å²) in [7, 11) is -3.98. The van der Waals surface area contributed by atoms with Crippen molar-refractivity contribution in [2.45, 2.75) is 38.1 Å². The highest BCUT2D eigenvalue weighted by Gasteiger charge is 2.43. The van der Waals surface area contributed by atoms with Crippen molar-refractivity contribution in [3.8, 4) is 0 Å². The van der Waals surface area contributed by atoms with E-state index in [2.05, 4.69) is 0 Å². The molecule has 0 radical (unpaired) electrons. The summed E-state index contributed by atoms with van der Waals surface area (Å²) in [4.78, 5) is 11.1. The Labute approximate surface area is 89.0 Å². The van der Waals surface area contributed by atoms with Crippen molar-refractivity contribution in [3.63, 3.8) is 0 Å². The van der Waals surface area contributed by atoms with Crippen molar-refractivity contribution in [3.05, 3.63) is 0 Å². The van der Waals surface area contributed by atoms with Gasteiger partial charge in [0.25, 0.3) is 10.2 Å². The minimum atomic E-state index is -3.98. The van der Waals surface area contributed by atoms with Gasteiger partial charge in [-0.2, -0.15) is 13.1 Å². The van der Waals surface area contributed by atoms with Crippen molar-refractivity contribution in [1.82, 2.24) is 4.72 Å². The summed E-state index contributed by atoms with van der Waals surface area (Å²) in [5, 5.41) is 13.9. The van der Waals surface area contributed by atoms with Crippen LogP contribution in [-0.2, 0) is 15.0 Å². The highest BCUT2D eigenvalue weighted by atomic mass is 32.2. The molecule has 4 N–H and O–H groups in total. The second-order valence-electron chi connectivity index (χ2n) is 4.22. The first kappa shape index (κ1) is 12.4. The normalized spacial score (nSPS) is 32.5. The highest BCUT2D eigenvalue weighted by Crippen LogP contribution is 2.32. The number of carboxylic acids is 1. The molecule has 1 rings (SSSR count). The molecule has 0 aliphatic heterocycles. The van der Waals surface area contributed by atoms with E-state index in [1.807, 2.05) is 11.6 Å². The Hall–Kier alpha value is -0.660. The van der Waals surface area contributed by atoms with Crippen LogP contribution in [0.3, 0.4) is 0 Å². The monoisotopic (exact) mass is 236 g/mol. The predicted octanol–water partition coefficient (Wildman–Crippen LogP) is -0.187. The van der Waals surface area contributed by atoms with E-state index in [0.29, 0.717) is 31.6 Å². The minimum absolute atomic E-state index is 0.292. The van der Waals surface area contributed by atoms with Gasteiger partial charge in [0, 0.05) is 0 Å². The molecule has 0 amide bonds. The lowest BCUT2D eigenvalue weighted by atomic mass is 9.78. The molecule has 0 spiro atoms. The van der Waals surface area contributed by atoms with Crippen LogP contribution in [0.2, 0.25) is 0 Å². The molecule has 0 aromatic carbocycles. The van der Waals surface area contributed by atoms with E-state index in [-0.39, 0.29) is 0 Å². The average Bonchev–Trinajstić information content (AvgIpc) is 2.06. The summed E-state index contributed by atoms with van der Waals surface area (Å²) in [6.07, 6.45) is 1.96. The number of carboxylic acid groups (broad SMARTS) is 1. The van der Waals surface area contributed by atoms with E-state index in [9.17, 15) is 13.2 Å². The van der Waals surface area contributed by atoms with E-state index < -0.39 is 21.7 Å². The van der Waals surface area contributed by atoms with Gasteiger partial charge in [-0.25, -0.2) is 5.14 Å². The van der Waals surface area contributed by atoms with Crippen LogP contribution < -0.4 is 9.86 Å². The Kier molecular flexibility index (Phi) is 3.37. The molecule has 0 atom stereocenters. The molecular formula is C8H16N2O4S. The molecule has 0 unspecified atom stereocenters. The van der Waals surface area contributed by atoms with E-state index in [1.165, 1.54) is 0 Å². The number of carbonyl (C=O) groups is 1. The van der Waals surface area contributed by atoms with Crippen molar-refractivity contribution < 1.29 is 18.3 Å². The summed E-state index contributed by atoms with van der Waals surface area (Å²) < 4.78 is 23.8. The average molecular weight is 236 g/mol. The topological polar surface area (TPSA) is 109 Å². The van der Waals surface area contributed by atoms with Crippen LogP contribution in [-0.4, -0.2) is 25.0 Å². The van der Waals surface area contributed by atoms with Gasteiger partial charge in [-0.3, -0.25) is 4.79 Å². The Bertz CT molecular complexity index is 344. The summed E-state index contributed by atoms with van der Waals surface area (Å²) in [5.41, 5.74) is -1.40. The lowest BCUT2D eigenvalue weighted by Crippen LogP contribution is -2.57. The first-order valence-corrected chi connectivity index (χ1v) is 6.35. The number of hydrogen-bond donors (Lipinski definition) is 3. The third-order valence-corrected chi connectivity index (χ3v) is 3.55. The highest BCUT2D eigenvalue weighted by molar-refractivity contribution is 7.87. The molecule has 0 aromatic heterocycles. The Balaban J connectivity index is 2.86. The number of aliphatic carboxylic acids is 1.